The van der Waals surface area contributed by atoms with E-state index in [1.54, 1.807) is 12.3 Å². The Kier molecular flexibility index (Phi) is 2.74. The zero-order chi connectivity index (χ0) is 14.3. The van der Waals surface area contributed by atoms with Gasteiger partial charge in [-0.1, -0.05) is 18.2 Å². The molecule has 0 saturated carbocycles. The molecule has 0 N–H and O–H groups in total. The number of benzene rings is 1. The van der Waals surface area contributed by atoms with Gasteiger partial charge >= 0.3 is 0 Å². The fourth-order valence-electron chi connectivity index (χ4n) is 2.27. The van der Waals surface area contributed by atoms with Crippen molar-refractivity contribution >= 4 is 21.8 Å². The van der Waals surface area contributed by atoms with Crippen molar-refractivity contribution in [3.8, 4) is 0 Å². The Morgan fingerprint density at radius 2 is 1.75 bits per heavy atom. The molecule has 0 saturated heterocycles. The number of fused-ring (bicyclic) bond motifs is 3. The van der Waals surface area contributed by atoms with E-state index in [1.807, 2.05) is 51.1 Å². The average molecular weight is 266 g/mol. The third kappa shape index (κ3) is 2.13. The molecule has 2 heterocycles. The SMILES string of the molecule is CC(C)(C)N=c1ccc2ccc3cccnc3c2n1[O-]. The lowest BCUT2D eigenvalue weighted by atomic mass is 10.1. The fourth-order valence-corrected chi connectivity index (χ4v) is 2.27. The molecule has 2 aromatic heterocycles. The van der Waals surface area contributed by atoms with Crippen molar-refractivity contribution in [1.29, 1.82) is 0 Å². The molecule has 0 unspecified atom stereocenters. The molecular formula is C16H16N3O-. The van der Waals surface area contributed by atoms with Crippen LogP contribution in [0.5, 0.6) is 0 Å². The van der Waals surface area contributed by atoms with Crippen LogP contribution in [0.15, 0.2) is 47.6 Å². The maximum Gasteiger partial charge on any atom is 0.123 e. The Balaban J connectivity index is 2.48. The molecule has 4 heteroatoms. The van der Waals surface area contributed by atoms with Crippen molar-refractivity contribution in [2.24, 2.45) is 4.99 Å². The predicted molar refractivity (Wildman–Crippen MR) is 81.3 cm³/mol. The van der Waals surface area contributed by atoms with Crippen LogP contribution in [0.25, 0.3) is 21.8 Å². The van der Waals surface area contributed by atoms with Crippen LogP contribution in [0.4, 0.5) is 0 Å². The van der Waals surface area contributed by atoms with Crippen LogP contribution in [-0.2, 0) is 0 Å². The van der Waals surface area contributed by atoms with Gasteiger partial charge in [-0.15, -0.1) is 0 Å². The van der Waals surface area contributed by atoms with Gasteiger partial charge in [-0.3, -0.25) is 9.98 Å². The van der Waals surface area contributed by atoms with Crippen molar-refractivity contribution in [3.63, 3.8) is 0 Å². The second kappa shape index (κ2) is 4.34. The summed E-state index contributed by atoms with van der Waals surface area (Å²) in [5, 5.41) is 14.4. The number of hydrogen-bond acceptors (Lipinski definition) is 3. The van der Waals surface area contributed by atoms with Crippen molar-refractivity contribution in [1.82, 2.24) is 9.71 Å². The Morgan fingerprint density at radius 1 is 1.05 bits per heavy atom. The van der Waals surface area contributed by atoms with Crippen LogP contribution in [0.2, 0.25) is 0 Å². The molecule has 0 spiro atoms. The summed E-state index contributed by atoms with van der Waals surface area (Å²) < 4.78 is 0.885. The summed E-state index contributed by atoms with van der Waals surface area (Å²) in [5.41, 5.74) is 1.42. The maximum atomic E-state index is 12.6. The van der Waals surface area contributed by atoms with Crippen molar-refractivity contribution in [3.05, 3.63) is 53.3 Å². The summed E-state index contributed by atoms with van der Waals surface area (Å²) in [6, 6.07) is 11.4. The monoisotopic (exact) mass is 266 g/mol. The summed E-state index contributed by atoms with van der Waals surface area (Å²) in [6.45, 7) is 5.91. The minimum absolute atomic E-state index is 0.294. The highest BCUT2D eigenvalue weighted by molar-refractivity contribution is 6.02. The van der Waals surface area contributed by atoms with Gasteiger partial charge in [0.1, 0.15) is 5.49 Å². The Bertz CT molecular complexity index is 857. The van der Waals surface area contributed by atoms with Crippen LogP contribution < -0.4 is 5.49 Å². The van der Waals surface area contributed by atoms with Crippen LogP contribution in [-0.4, -0.2) is 15.3 Å². The van der Waals surface area contributed by atoms with Crippen LogP contribution >= 0.6 is 0 Å². The molecule has 4 nitrogen and oxygen atoms in total. The average Bonchev–Trinajstić information content (AvgIpc) is 2.40. The normalized spacial score (nSPS) is 13.2. The molecular weight excluding hydrogens is 250 g/mol. The summed E-state index contributed by atoms with van der Waals surface area (Å²) >= 11 is 0. The molecule has 0 amide bonds. The Hall–Kier alpha value is -2.36. The summed E-state index contributed by atoms with van der Waals surface area (Å²) in [6.07, 6.45) is 1.70. The van der Waals surface area contributed by atoms with E-state index in [0.717, 1.165) is 15.5 Å². The Labute approximate surface area is 117 Å². The lowest BCUT2D eigenvalue weighted by Gasteiger charge is -2.19. The molecule has 3 aromatic rings. The van der Waals surface area contributed by atoms with E-state index < -0.39 is 0 Å². The largest absolute Gasteiger partial charge is 0.804 e. The second-order valence-electron chi connectivity index (χ2n) is 5.85. The van der Waals surface area contributed by atoms with Gasteiger partial charge in [0, 0.05) is 17.0 Å². The minimum atomic E-state index is -0.294. The van der Waals surface area contributed by atoms with E-state index >= 15 is 0 Å². The molecule has 0 radical (unpaired) electrons. The van der Waals surface area contributed by atoms with E-state index in [1.165, 1.54) is 0 Å². The molecule has 20 heavy (non-hydrogen) atoms. The third-order valence-electron chi connectivity index (χ3n) is 3.05. The zero-order valence-corrected chi connectivity index (χ0v) is 11.8. The second-order valence-corrected chi connectivity index (χ2v) is 5.85. The predicted octanol–water partition coefficient (Wildman–Crippen LogP) is 3.23. The molecule has 1 aromatic carbocycles. The quantitative estimate of drug-likeness (QED) is 0.586. The molecule has 0 aliphatic heterocycles. The van der Waals surface area contributed by atoms with Crippen LogP contribution in [0.1, 0.15) is 20.8 Å². The first-order chi connectivity index (χ1) is 9.46. The van der Waals surface area contributed by atoms with E-state index in [0.29, 0.717) is 16.5 Å². The first-order valence-corrected chi connectivity index (χ1v) is 6.59. The highest BCUT2D eigenvalue weighted by Gasteiger charge is 2.08. The van der Waals surface area contributed by atoms with Crippen molar-refractivity contribution < 1.29 is 0 Å². The van der Waals surface area contributed by atoms with E-state index in [4.69, 9.17) is 0 Å². The van der Waals surface area contributed by atoms with Crippen LogP contribution in [0.3, 0.4) is 0 Å². The molecule has 102 valence electrons. The molecule has 0 fully saturated rings. The smallest absolute Gasteiger partial charge is 0.123 e. The summed E-state index contributed by atoms with van der Waals surface area (Å²) in [5.74, 6) is 0. The standard InChI is InChI=1S/C16H16N3O/c1-16(2,3)18-13-9-8-12-7-6-11-5-4-10-17-14(11)15(12)19(13)20/h4-10H,1-3H3/q-1. The topological polar surface area (TPSA) is 53.2 Å². The van der Waals surface area contributed by atoms with Crippen LogP contribution in [0, 0.1) is 5.21 Å². The number of aromatic nitrogens is 2. The zero-order valence-electron chi connectivity index (χ0n) is 11.8. The lowest BCUT2D eigenvalue weighted by molar-refractivity contribution is 0.558. The van der Waals surface area contributed by atoms with Gasteiger partial charge in [-0.25, -0.2) is 0 Å². The highest BCUT2D eigenvalue weighted by Crippen LogP contribution is 2.21. The first-order valence-electron chi connectivity index (χ1n) is 6.59. The minimum Gasteiger partial charge on any atom is -0.804 e. The first kappa shape index (κ1) is 12.7. The third-order valence-corrected chi connectivity index (χ3v) is 3.05. The molecule has 0 atom stereocenters. The Morgan fingerprint density at radius 3 is 2.50 bits per heavy atom. The van der Waals surface area contributed by atoms with Crippen molar-refractivity contribution in [2.75, 3.05) is 0 Å². The summed E-state index contributed by atoms with van der Waals surface area (Å²) in [7, 11) is 0. The molecule has 0 aliphatic rings. The molecule has 3 rings (SSSR count). The van der Waals surface area contributed by atoms with Gasteiger partial charge in [-0.05, 0) is 39.0 Å². The fraction of sp³-hybridized carbons (Fsp3) is 0.250. The van der Waals surface area contributed by atoms with Crippen molar-refractivity contribution in [2.45, 2.75) is 26.3 Å². The van der Waals surface area contributed by atoms with Gasteiger partial charge in [0.2, 0.25) is 0 Å². The maximum absolute atomic E-state index is 12.6. The van der Waals surface area contributed by atoms with Gasteiger partial charge in [0.05, 0.1) is 16.6 Å². The van der Waals surface area contributed by atoms with Gasteiger partial charge in [0.25, 0.3) is 0 Å². The highest BCUT2D eigenvalue weighted by atomic mass is 16.5. The van der Waals surface area contributed by atoms with Gasteiger partial charge < -0.3 is 9.94 Å². The number of pyridine rings is 2. The summed E-state index contributed by atoms with van der Waals surface area (Å²) in [4.78, 5) is 8.82. The number of nitrogens with zero attached hydrogens (tertiary/aromatic N) is 3. The van der Waals surface area contributed by atoms with Gasteiger partial charge in [-0.2, -0.15) is 0 Å². The molecule has 0 aliphatic carbocycles. The van der Waals surface area contributed by atoms with E-state index in [-0.39, 0.29) is 5.54 Å². The van der Waals surface area contributed by atoms with E-state index in [9.17, 15) is 5.21 Å². The molecule has 0 bridgehead atoms. The number of rotatable bonds is 0. The number of hydrogen-bond donors (Lipinski definition) is 0. The van der Waals surface area contributed by atoms with E-state index in [2.05, 4.69) is 9.98 Å². The van der Waals surface area contributed by atoms with Gasteiger partial charge in [0.15, 0.2) is 0 Å². The lowest BCUT2D eigenvalue weighted by Crippen LogP contribution is -2.23.